The molecule has 0 aromatic carbocycles. The van der Waals surface area contributed by atoms with E-state index in [2.05, 4.69) is 5.23 Å². The summed E-state index contributed by atoms with van der Waals surface area (Å²) in [4.78, 5) is 0. The number of rotatable bonds is 1. The zero-order chi connectivity index (χ0) is 5.98. The van der Waals surface area contributed by atoms with E-state index in [-0.39, 0.29) is 6.10 Å². The van der Waals surface area contributed by atoms with E-state index in [9.17, 15) is 0 Å². The lowest BCUT2D eigenvalue weighted by Gasteiger charge is -2.02. The highest BCUT2D eigenvalue weighted by Gasteiger charge is 2.26. The third-order valence-electron chi connectivity index (χ3n) is 1.30. The molecule has 0 aromatic heterocycles. The molecule has 0 saturated carbocycles. The van der Waals surface area contributed by atoms with Crippen molar-refractivity contribution in [1.29, 1.82) is 0 Å². The lowest BCUT2D eigenvalue weighted by molar-refractivity contribution is 0.206. The van der Waals surface area contributed by atoms with Crippen LogP contribution in [0.5, 0.6) is 0 Å². The van der Waals surface area contributed by atoms with Crippen molar-refractivity contribution in [3.63, 3.8) is 0 Å². The maximum absolute atomic E-state index is 8.70. The number of hydrogen-bond acceptors (Lipinski definition) is 3. The zero-order valence-corrected chi connectivity index (χ0v) is 4.92. The van der Waals surface area contributed by atoms with Crippen LogP contribution in [-0.2, 0) is 4.65 Å². The first-order valence-electron chi connectivity index (χ1n) is 2.90. The minimum Gasteiger partial charge on any atom is -0.413 e. The third kappa shape index (κ3) is 1.21. The predicted octanol–water partition coefficient (Wildman–Crippen LogP) is -0.638. The Morgan fingerprint density at radius 1 is 2.00 bits per heavy atom. The summed E-state index contributed by atoms with van der Waals surface area (Å²) in [5.41, 5.74) is 0. The van der Waals surface area contributed by atoms with Crippen LogP contribution < -0.4 is 5.23 Å². The van der Waals surface area contributed by atoms with Crippen molar-refractivity contribution < 1.29 is 9.68 Å². The fourth-order valence-corrected chi connectivity index (χ4v) is 0.751. The van der Waals surface area contributed by atoms with Gasteiger partial charge in [0, 0.05) is 6.54 Å². The summed E-state index contributed by atoms with van der Waals surface area (Å²) in [6, 6.07) is 0. The van der Waals surface area contributed by atoms with Gasteiger partial charge in [-0.25, -0.2) is 0 Å². The second kappa shape index (κ2) is 2.48. The molecule has 0 radical (unpaired) electrons. The summed E-state index contributed by atoms with van der Waals surface area (Å²) in [7, 11) is -0.722. The van der Waals surface area contributed by atoms with Gasteiger partial charge >= 0.3 is 7.25 Å². The molecular formula is C4H10BNO2. The fraction of sp³-hybridized carbons (Fsp3) is 1.00. The van der Waals surface area contributed by atoms with E-state index in [0.29, 0.717) is 0 Å². The van der Waals surface area contributed by atoms with Gasteiger partial charge in [-0.15, -0.1) is 0 Å². The SMILES string of the molecule is CCC1CNB(O)O1. The molecule has 1 fully saturated rings. The standard InChI is InChI=1S/C4H10BNO2/c1-2-4-3-6-5(7)8-4/h4,6-7H,2-3H2,1H3. The summed E-state index contributed by atoms with van der Waals surface area (Å²) in [6.45, 7) is 2.81. The Balaban J connectivity index is 2.22. The highest BCUT2D eigenvalue weighted by atomic mass is 16.5. The van der Waals surface area contributed by atoms with Crippen molar-refractivity contribution >= 4 is 7.25 Å². The molecule has 3 nitrogen and oxygen atoms in total. The second-order valence-corrected chi connectivity index (χ2v) is 1.93. The smallest absolute Gasteiger partial charge is 0.413 e. The molecule has 2 N–H and O–H groups in total. The largest absolute Gasteiger partial charge is 0.552 e. The van der Waals surface area contributed by atoms with E-state index >= 15 is 0 Å². The van der Waals surface area contributed by atoms with Gasteiger partial charge in [0.2, 0.25) is 0 Å². The molecule has 0 bridgehead atoms. The van der Waals surface area contributed by atoms with E-state index in [4.69, 9.17) is 9.68 Å². The van der Waals surface area contributed by atoms with Crippen LogP contribution in [0.3, 0.4) is 0 Å². The Hall–Kier alpha value is -0.0551. The van der Waals surface area contributed by atoms with Crippen LogP contribution in [0.4, 0.5) is 0 Å². The normalized spacial score (nSPS) is 29.2. The van der Waals surface area contributed by atoms with Gasteiger partial charge in [0.1, 0.15) is 0 Å². The van der Waals surface area contributed by atoms with Crippen molar-refractivity contribution in [3.8, 4) is 0 Å². The lowest BCUT2D eigenvalue weighted by Crippen LogP contribution is -2.27. The van der Waals surface area contributed by atoms with E-state index < -0.39 is 7.25 Å². The van der Waals surface area contributed by atoms with Gasteiger partial charge in [-0.1, -0.05) is 6.92 Å². The highest BCUT2D eigenvalue weighted by molar-refractivity contribution is 6.40. The van der Waals surface area contributed by atoms with E-state index in [1.165, 1.54) is 0 Å². The van der Waals surface area contributed by atoms with Gasteiger partial charge in [0.15, 0.2) is 0 Å². The van der Waals surface area contributed by atoms with E-state index in [0.717, 1.165) is 13.0 Å². The number of nitrogens with one attached hydrogen (secondary N) is 1. The minimum absolute atomic E-state index is 0.213. The molecule has 4 heteroatoms. The van der Waals surface area contributed by atoms with Crippen LogP contribution >= 0.6 is 0 Å². The summed E-state index contributed by atoms with van der Waals surface area (Å²) < 4.78 is 4.95. The van der Waals surface area contributed by atoms with Crippen LogP contribution in [0.1, 0.15) is 13.3 Å². The average Bonchev–Trinajstić information content (AvgIpc) is 2.14. The first-order chi connectivity index (χ1) is 3.83. The molecule has 0 aliphatic carbocycles. The van der Waals surface area contributed by atoms with Crippen LogP contribution in [0.25, 0.3) is 0 Å². The van der Waals surface area contributed by atoms with E-state index in [1.807, 2.05) is 6.92 Å². The summed E-state index contributed by atoms with van der Waals surface area (Å²) in [5.74, 6) is 0. The molecule has 1 unspecified atom stereocenters. The maximum Gasteiger partial charge on any atom is 0.552 e. The second-order valence-electron chi connectivity index (χ2n) is 1.93. The Morgan fingerprint density at radius 2 is 2.75 bits per heavy atom. The van der Waals surface area contributed by atoms with Crippen molar-refractivity contribution in [2.75, 3.05) is 6.54 Å². The molecule has 1 saturated heterocycles. The van der Waals surface area contributed by atoms with Crippen LogP contribution in [0.2, 0.25) is 0 Å². The zero-order valence-electron chi connectivity index (χ0n) is 4.92. The van der Waals surface area contributed by atoms with Crippen molar-refractivity contribution in [2.45, 2.75) is 19.4 Å². The van der Waals surface area contributed by atoms with Gasteiger partial charge < -0.3 is 14.9 Å². The first-order valence-corrected chi connectivity index (χ1v) is 2.90. The molecule has 1 atom stereocenters. The molecular weight excluding hydrogens is 105 g/mol. The molecule has 0 spiro atoms. The molecule has 1 aliphatic heterocycles. The van der Waals surface area contributed by atoms with Gasteiger partial charge in [-0.2, -0.15) is 0 Å². The van der Waals surface area contributed by atoms with Gasteiger partial charge in [0.25, 0.3) is 0 Å². The molecule has 0 aromatic rings. The Kier molecular flexibility index (Phi) is 1.88. The van der Waals surface area contributed by atoms with Crippen molar-refractivity contribution in [1.82, 2.24) is 5.23 Å². The monoisotopic (exact) mass is 115 g/mol. The van der Waals surface area contributed by atoms with Crippen LogP contribution in [0.15, 0.2) is 0 Å². The predicted molar refractivity (Wildman–Crippen MR) is 31.1 cm³/mol. The van der Waals surface area contributed by atoms with Gasteiger partial charge in [-0.3, -0.25) is 0 Å². The Labute approximate surface area is 49.2 Å². The van der Waals surface area contributed by atoms with Crippen LogP contribution in [0, 0.1) is 0 Å². The molecule has 1 aliphatic rings. The van der Waals surface area contributed by atoms with Crippen LogP contribution in [-0.4, -0.2) is 24.9 Å². The summed E-state index contributed by atoms with van der Waals surface area (Å²) in [5, 5.41) is 11.5. The summed E-state index contributed by atoms with van der Waals surface area (Å²) in [6.07, 6.45) is 1.18. The molecule has 8 heavy (non-hydrogen) atoms. The quantitative estimate of drug-likeness (QED) is 0.446. The molecule has 1 rings (SSSR count). The first kappa shape index (κ1) is 6.07. The van der Waals surface area contributed by atoms with Gasteiger partial charge in [0.05, 0.1) is 6.10 Å². The average molecular weight is 115 g/mol. The van der Waals surface area contributed by atoms with Crippen molar-refractivity contribution in [3.05, 3.63) is 0 Å². The summed E-state index contributed by atoms with van der Waals surface area (Å²) >= 11 is 0. The maximum atomic E-state index is 8.70. The molecule has 0 amide bonds. The topological polar surface area (TPSA) is 41.5 Å². The Bertz CT molecular complexity index is 80.4. The fourth-order valence-electron chi connectivity index (χ4n) is 0.751. The third-order valence-corrected chi connectivity index (χ3v) is 1.30. The van der Waals surface area contributed by atoms with Gasteiger partial charge in [-0.05, 0) is 6.42 Å². The highest BCUT2D eigenvalue weighted by Crippen LogP contribution is 2.02. The molecule has 1 heterocycles. The Morgan fingerprint density at radius 3 is 3.00 bits per heavy atom. The number of hydrogen-bond donors (Lipinski definition) is 2. The molecule has 46 valence electrons. The lowest BCUT2D eigenvalue weighted by atomic mass is 10.2. The van der Waals surface area contributed by atoms with Crippen molar-refractivity contribution in [2.24, 2.45) is 0 Å². The van der Waals surface area contributed by atoms with E-state index in [1.54, 1.807) is 0 Å². The minimum atomic E-state index is -0.722.